The first-order chi connectivity index (χ1) is 14.4. The maximum atomic E-state index is 12.2. The maximum absolute atomic E-state index is 12.2. The Morgan fingerprint density at radius 1 is 1.40 bits per heavy atom. The Labute approximate surface area is 184 Å². The third-order valence-electron chi connectivity index (χ3n) is 6.14. The molecule has 0 spiro atoms. The number of carbonyl (C=O) groups excluding carboxylic acids is 2. The highest BCUT2D eigenvalue weighted by atomic mass is 79.9. The van der Waals surface area contributed by atoms with Crippen molar-refractivity contribution in [3.8, 4) is 0 Å². The number of benzene rings is 1. The lowest BCUT2D eigenvalue weighted by Gasteiger charge is -2.20. The number of epoxide rings is 1. The summed E-state index contributed by atoms with van der Waals surface area (Å²) in [7, 11) is 0. The minimum absolute atomic E-state index is 0.0547. The van der Waals surface area contributed by atoms with Crippen LogP contribution in [0, 0.1) is 5.92 Å². The summed E-state index contributed by atoms with van der Waals surface area (Å²) >= 11 is 3.46. The molecule has 0 bridgehead atoms. The van der Waals surface area contributed by atoms with Crippen LogP contribution in [0.2, 0.25) is 0 Å². The topological polar surface area (TPSA) is 65.1 Å². The van der Waals surface area contributed by atoms with Crippen LogP contribution in [0.4, 0.5) is 0 Å². The van der Waals surface area contributed by atoms with Gasteiger partial charge in [-0.25, -0.2) is 9.59 Å². The zero-order chi connectivity index (χ0) is 21.3. The molecule has 1 aromatic carbocycles. The molecular weight excluding hydrogens is 448 g/mol. The summed E-state index contributed by atoms with van der Waals surface area (Å²) in [4.78, 5) is 24.2. The highest BCUT2D eigenvalue weighted by Gasteiger charge is 2.61. The molecule has 0 amide bonds. The molecule has 2 aliphatic heterocycles. The van der Waals surface area contributed by atoms with E-state index < -0.39 is 0 Å². The van der Waals surface area contributed by atoms with Crippen molar-refractivity contribution in [2.75, 3.05) is 6.61 Å². The zero-order valence-electron chi connectivity index (χ0n) is 16.9. The Morgan fingerprint density at radius 3 is 3.00 bits per heavy atom. The second-order valence-electron chi connectivity index (χ2n) is 8.26. The average Bonchev–Trinajstić information content (AvgIpc) is 3.31. The molecule has 30 heavy (non-hydrogen) atoms. The Balaban J connectivity index is 1.38. The molecule has 0 saturated carbocycles. The lowest BCUT2D eigenvalue weighted by Crippen LogP contribution is -2.29. The van der Waals surface area contributed by atoms with Crippen LogP contribution in [0.15, 0.2) is 58.6 Å². The highest BCUT2D eigenvalue weighted by Crippen LogP contribution is 2.49. The number of rotatable bonds is 4. The molecule has 1 aromatic rings. The largest absolute Gasteiger partial charge is 0.458 e. The van der Waals surface area contributed by atoms with Crippen molar-refractivity contribution < 1.29 is 23.8 Å². The monoisotopic (exact) mass is 472 g/mol. The summed E-state index contributed by atoms with van der Waals surface area (Å²) in [5.74, 6) is -0.768. The molecule has 0 radical (unpaired) electrons. The molecule has 4 atom stereocenters. The molecule has 0 N–H and O–H groups in total. The van der Waals surface area contributed by atoms with E-state index in [1.54, 1.807) is 6.08 Å². The maximum Gasteiger partial charge on any atom is 0.334 e. The number of ether oxygens (including phenoxy) is 3. The molecule has 2 heterocycles. The van der Waals surface area contributed by atoms with E-state index in [1.165, 1.54) is 6.08 Å². The summed E-state index contributed by atoms with van der Waals surface area (Å²) in [6, 6.07) is 7.67. The SMILES string of the molecule is C=C1C(=O)O[C@H]2[C@H]1CC/C(COC(=O)/C=C/c1ccccc1Br)=C\CC[C@@]1(C)O[C@@H]21. The molecular formula is C24H25BrO5. The van der Waals surface area contributed by atoms with Crippen molar-refractivity contribution in [3.05, 3.63) is 64.2 Å². The average molecular weight is 473 g/mol. The van der Waals surface area contributed by atoms with Gasteiger partial charge >= 0.3 is 11.9 Å². The first kappa shape index (κ1) is 21.1. The second kappa shape index (κ2) is 8.52. The predicted molar refractivity (Wildman–Crippen MR) is 116 cm³/mol. The van der Waals surface area contributed by atoms with E-state index in [9.17, 15) is 9.59 Å². The normalized spacial score (nSPS) is 32.6. The van der Waals surface area contributed by atoms with Crippen molar-refractivity contribution in [1.29, 1.82) is 0 Å². The number of halogens is 1. The first-order valence-corrected chi connectivity index (χ1v) is 11.0. The smallest absolute Gasteiger partial charge is 0.334 e. The number of carbonyl (C=O) groups is 2. The summed E-state index contributed by atoms with van der Waals surface area (Å²) in [5, 5.41) is 0. The van der Waals surface area contributed by atoms with Crippen LogP contribution in [0.5, 0.6) is 0 Å². The van der Waals surface area contributed by atoms with Gasteiger partial charge in [-0.1, -0.05) is 46.8 Å². The van der Waals surface area contributed by atoms with Crippen LogP contribution < -0.4 is 0 Å². The molecule has 0 unspecified atom stereocenters. The molecule has 3 aliphatic rings. The minimum Gasteiger partial charge on any atom is -0.458 e. The van der Waals surface area contributed by atoms with Crippen LogP contribution in [0.1, 0.15) is 38.2 Å². The van der Waals surface area contributed by atoms with Crippen molar-refractivity contribution in [2.24, 2.45) is 5.92 Å². The number of allylic oxidation sites excluding steroid dienone is 1. The van der Waals surface area contributed by atoms with Gasteiger partial charge in [0.1, 0.15) is 18.8 Å². The van der Waals surface area contributed by atoms with E-state index >= 15 is 0 Å². The van der Waals surface area contributed by atoms with Gasteiger partial charge in [0.2, 0.25) is 0 Å². The number of fused-ring (bicyclic) bond motifs is 3. The lowest BCUT2D eigenvalue weighted by atomic mass is 9.84. The second-order valence-corrected chi connectivity index (χ2v) is 9.11. The van der Waals surface area contributed by atoms with E-state index in [4.69, 9.17) is 14.2 Å². The molecule has 4 rings (SSSR count). The van der Waals surface area contributed by atoms with Crippen LogP contribution in [-0.2, 0) is 23.8 Å². The Bertz CT molecular complexity index is 933. The first-order valence-electron chi connectivity index (χ1n) is 10.2. The Kier molecular flexibility index (Phi) is 5.98. The summed E-state index contributed by atoms with van der Waals surface area (Å²) in [6.45, 7) is 6.23. The van der Waals surface area contributed by atoms with Crippen LogP contribution in [-0.4, -0.2) is 36.4 Å². The van der Waals surface area contributed by atoms with Gasteiger partial charge in [-0.3, -0.25) is 0 Å². The van der Waals surface area contributed by atoms with Crippen LogP contribution in [0.3, 0.4) is 0 Å². The van der Waals surface area contributed by atoms with Gasteiger partial charge in [-0.2, -0.15) is 0 Å². The molecule has 1 aliphatic carbocycles. The molecule has 0 aromatic heterocycles. The van der Waals surface area contributed by atoms with Crippen molar-refractivity contribution in [3.63, 3.8) is 0 Å². The number of esters is 2. The molecule has 2 fully saturated rings. The van der Waals surface area contributed by atoms with Crippen molar-refractivity contribution in [1.82, 2.24) is 0 Å². The molecule has 2 saturated heterocycles. The van der Waals surface area contributed by atoms with E-state index in [-0.39, 0.29) is 42.3 Å². The molecule has 6 heteroatoms. The van der Waals surface area contributed by atoms with Gasteiger partial charge in [-0.15, -0.1) is 0 Å². The fourth-order valence-electron chi connectivity index (χ4n) is 4.23. The van der Waals surface area contributed by atoms with E-state index in [0.29, 0.717) is 5.57 Å². The quantitative estimate of drug-likeness (QED) is 0.273. The third kappa shape index (κ3) is 4.44. The summed E-state index contributed by atoms with van der Waals surface area (Å²) in [6.07, 6.45) is 8.10. The van der Waals surface area contributed by atoms with Crippen LogP contribution in [0.25, 0.3) is 6.08 Å². The highest BCUT2D eigenvalue weighted by molar-refractivity contribution is 9.10. The van der Waals surface area contributed by atoms with Crippen molar-refractivity contribution in [2.45, 2.75) is 50.4 Å². The number of hydrogen-bond donors (Lipinski definition) is 0. The number of hydrogen-bond acceptors (Lipinski definition) is 5. The fourth-order valence-corrected chi connectivity index (χ4v) is 4.65. The van der Waals surface area contributed by atoms with Gasteiger partial charge in [-0.05, 0) is 55.9 Å². The van der Waals surface area contributed by atoms with Crippen LogP contribution >= 0.6 is 15.9 Å². The predicted octanol–water partition coefficient (Wildman–Crippen LogP) is 4.76. The van der Waals surface area contributed by atoms with E-state index in [0.717, 1.165) is 41.3 Å². The van der Waals surface area contributed by atoms with Crippen molar-refractivity contribution >= 4 is 33.9 Å². The lowest BCUT2D eigenvalue weighted by molar-refractivity contribution is -0.140. The van der Waals surface area contributed by atoms with E-state index in [2.05, 4.69) is 35.5 Å². The summed E-state index contributed by atoms with van der Waals surface area (Å²) < 4.78 is 17.9. The van der Waals surface area contributed by atoms with Gasteiger partial charge in [0, 0.05) is 22.0 Å². The molecule has 158 valence electrons. The Morgan fingerprint density at radius 2 is 2.20 bits per heavy atom. The standard InChI is InChI=1S/C24H25BrO5/c1-15-18-11-9-16(6-5-13-24(2)22(30-24)21(18)29-23(15)27)14-28-20(26)12-10-17-7-3-4-8-19(17)25/h3-4,6-8,10,12,18,21-22H,1,5,9,11,13-14H2,2H3/b12-10+,16-6+/t18-,21-,22-,24+/m0/s1. The molecule has 5 nitrogen and oxygen atoms in total. The Hall–Kier alpha value is -2.18. The van der Waals surface area contributed by atoms with Gasteiger partial charge in [0.05, 0.1) is 5.60 Å². The zero-order valence-corrected chi connectivity index (χ0v) is 18.5. The third-order valence-corrected chi connectivity index (χ3v) is 6.87. The van der Waals surface area contributed by atoms with Gasteiger partial charge in [0.25, 0.3) is 0 Å². The summed E-state index contributed by atoms with van der Waals surface area (Å²) in [5.41, 5.74) is 2.21. The van der Waals surface area contributed by atoms with E-state index in [1.807, 2.05) is 24.3 Å². The fraction of sp³-hybridized carbons (Fsp3) is 0.417. The van der Waals surface area contributed by atoms with Gasteiger partial charge < -0.3 is 14.2 Å². The minimum atomic E-state index is -0.386. The van der Waals surface area contributed by atoms with Gasteiger partial charge in [0.15, 0.2) is 0 Å².